The molecular weight excluding hydrogens is 510 g/mol. The summed E-state index contributed by atoms with van der Waals surface area (Å²) in [4.78, 5) is 22.6. The molecule has 2 heterocycles. The fraction of sp³-hybridized carbons (Fsp3) is 0.619. The largest absolute Gasteiger partial charge is 0.490 e. The first-order valence-corrected chi connectivity index (χ1v) is 10.7. The quantitative estimate of drug-likeness (QED) is 0.557. The molecule has 1 aromatic rings. The Kier molecular flexibility index (Phi) is 11.3. The van der Waals surface area contributed by atoms with E-state index in [9.17, 15) is 26.3 Å². The lowest BCUT2D eigenvalue weighted by Gasteiger charge is -2.40. The number of benzene rings is 1. The third kappa shape index (κ3) is 11.0. The Bertz CT molecular complexity index is 828. The minimum Gasteiger partial charge on any atom is -0.475 e. The summed E-state index contributed by atoms with van der Waals surface area (Å²) in [6.07, 6.45) is -6.70. The zero-order valence-corrected chi connectivity index (χ0v) is 19.8. The number of carboxylic acids is 2. The van der Waals surface area contributed by atoms with E-state index < -0.39 is 24.3 Å². The molecule has 0 aromatic heterocycles. The molecule has 0 amide bonds. The molecule has 2 saturated heterocycles. The van der Waals surface area contributed by atoms with Gasteiger partial charge >= 0.3 is 24.3 Å². The van der Waals surface area contributed by atoms with Crippen LogP contribution in [0.1, 0.15) is 24.8 Å². The molecule has 7 nitrogen and oxygen atoms in total. The molecule has 0 aliphatic carbocycles. The van der Waals surface area contributed by atoms with Crippen LogP contribution in [0.5, 0.6) is 0 Å². The first kappa shape index (κ1) is 30.9. The fourth-order valence-electron chi connectivity index (χ4n) is 3.68. The lowest BCUT2D eigenvalue weighted by molar-refractivity contribution is -0.193. The fourth-order valence-corrected chi connectivity index (χ4v) is 3.90. The molecule has 2 aliphatic heterocycles. The van der Waals surface area contributed by atoms with E-state index in [0.29, 0.717) is 6.04 Å². The Morgan fingerprint density at radius 1 is 1.14 bits per heavy atom. The van der Waals surface area contributed by atoms with Crippen molar-refractivity contribution in [1.82, 2.24) is 9.80 Å². The number of alkyl halides is 6. The SMILES string of the molecule is CN(C)[C@@H]1CCO[C@]2(CCN(Cc3cccc(Cl)c3)C2)C1.O=C(O)C(F)(F)F.O=C(O)C(F)(F)F. The van der Waals surface area contributed by atoms with E-state index in [0.717, 1.165) is 50.5 Å². The van der Waals surface area contributed by atoms with E-state index in [1.807, 2.05) is 12.1 Å². The zero-order valence-electron chi connectivity index (χ0n) is 19.0. The molecule has 35 heavy (non-hydrogen) atoms. The lowest BCUT2D eigenvalue weighted by Crippen LogP contribution is -2.48. The molecule has 0 saturated carbocycles. The van der Waals surface area contributed by atoms with Gasteiger partial charge in [0.25, 0.3) is 0 Å². The molecule has 2 aliphatic rings. The van der Waals surface area contributed by atoms with Gasteiger partial charge in [-0.1, -0.05) is 23.7 Å². The van der Waals surface area contributed by atoms with Gasteiger partial charge in [-0.3, -0.25) is 4.90 Å². The molecule has 0 radical (unpaired) electrons. The van der Waals surface area contributed by atoms with Crippen molar-refractivity contribution < 1.29 is 50.9 Å². The number of hydrogen-bond donors (Lipinski definition) is 2. The number of carbonyl (C=O) groups is 2. The summed E-state index contributed by atoms with van der Waals surface area (Å²) in [6, 6.07) is 8.84. The van der Waals surface area contributed by atoms with Crippen LogP contribution in [0.2, 0.25) is 5.02 Å². The average molecular weight is 537 g/mol. The Morgan fingerprint density at radius 3 is 2.14 bits per heavy atom. The highest BCUT2D eigenvalue weighted by molar-refractivity contribution is 6.30. The summed E-state index contributed by atoms with van der Waals surface area (Å²) in [5.74, 6) is -5.51. The van der Waals surface area contributed by atoms with Crippen LogP contribution >= 0.6 is 11.6 Å². The number of ether oxygens (including phenoxy) is 1. The third-order valence-corrected chi connectivity index (χ3v) is 5.61. The minimum absolute atomic E-state index is 0.0752. The Hall–Kier alpha value is -2.09. The van der Waals surface area contributed by atoms with Crippen molar-refractivity contribution >= 4 is 23.5 Å². The summed E-state index contributed by atoms with van der Waals surface area (Å²) in [5.41, 5.74) is 1.37. The van der Waals surface area contributed by atoms with E-state index in [4.69, 9.17) is 36.1 Å². The van der Waals surface area contributed by atoms with Crippen LogP contribution in [0, 0.1) is 0 Å². The van der Waals surface area contributed by atoms with Crippen LogP contribution < -0.4 is 0 Å². The van der Waals surface area contributed by atoms with Gasteiger partial charge < -0.3 is 19.8 Å². The number of likely N-dealkylation sites (tertiary alicyclic amines) is 1. The van der Waals surface area contributed by atoms with Gasteiger partial charge in [-0.15, -0.1) is 0 Å². The van der Waals surface area contributed by atoms with Crippen molar-refractivity contribution in [3.8, 4) is 0 Å². The van der Waals surface area contributed by atoms with E-state index in [1.54, 1.807) is 0 Å². The summed E-state index contributed by atoms with van der Waals surface area (Å²) in [6.45, 7) is 4.03. The number of carboxylic acid groups (broad SMARTS) is 2. The highest BCUT2D eigenvalue weighted by Gasteiger charge is 2.43. The van der Waals surface area contributed by atoms with Crippen LogP contribution in [0.25, 0.3) is 0 Å². The smallest absolute Gasteiger partial charge is 0.475 e. The van der Waals surface area contributed by atoms with E-state index >= 15 is 0 Å². The van der Waals surface area contributed by atoms with E-state index in [1.165, 1.54) is 5.56 Å². The minimum atomic E-state index is -5.08. The molecule has 2 fully saturated rings. The second kappa shape index (κ2) is 12.7. The van der Waals surface area contributed by atoms with Gasteiger partial charge in [-0.25, -0.2) is 9.59 Å². The molecule has 3 rings (SSSR count). The van der Waals surface area contributed by atoms with Crippen molar-refractivity contribution in [2.24, 2.45) is 0 Å². The van der Waals surface area contributed by atoms with Crippen molar-refractivity contribution in [2.45, 2.75) is 49.8 Å². The van der Waals surface area contributed by atoms with Crippen LogP contribution in [0.3, 0.4) is 0 Å². The predicted octanol–water partition coefficient (Wildman–Crippen LogP) is 4.29. The third-order valence-electron chi connectivity index (χ3n) is 5.37. The Morgan fingerprint density at radius 2 is 1.69 bits per heavy atom. The molecule has 0 bridgehead atoms. The second-order valence-electron chi connectivity index (χ2n) is 8.34. The first-order chi connectivity index (χ1) is 15.9. The Balaban J connectivity index is 0.000000362. The van der Waals surface area contributed by atoms with Gasteiger partial charge in [0.2, 0.25) is 0 Å². The van der Waals surface area contributed by atoms with Crippen molar-refractivity contribution in [2.75, 3.05) is 33.8 Å². The predicted molar refractivity (Wildman–Crippen MR) is 114 cm³/mol. The summed E-state index contributed by atoms with van der Waals surface area (Å²) in [5, 5.41) is 15.1. The highest BCUT2D eigenvalue weighted by Crippen LogP contribution is 2.36. The zero-order chi connectivity index (χ0) is 27.0. The van der Waals surface area contributed by atoms with Gasteiger partial charge in [0.05, 0.1) is 5.60 Å². The Labute approximate surface area is 203 Å². The molecule has 14 heteroatoms. The molecule has 0 unspecified atom stereocenters. The van der Waals surface area contributed by atoms with Crippen molar-refractivity contribution in [3.63, 3.8) is 0 Å². The first-order valence-electron chi connectivity index (χ1n) is 10.3. The van der Waals surface area contributed by atoms with Crippen LogP contribution in [0.15, 0.2) is 24.3 Å². The van der Waals surface area contributed by atoms with E-state index in [-0.39, 0.29) is 5.60 Å². The van der Waals surface area contributed by atoms with E-state index in [2.05, 4.69) is 36.0 Å². The molecule has 1 spiro atoms. The van der Waals surface area contributed by atoms with Crippen LogP contribution in [-0.2, 0) is 20.9 Å². The maximum absolute atomic E-state index is 10.6. The summed E-state index contributed by atoms with van der Waals surface area (Å²) < 4.78 is 69.7. The molecule has 2 N–H and O–H groups in total. The van der Waals surface area contributed by atoms with Crippen molar-refractivity contribution in [3.05, 3.63) is 34.9 Å². The highest BCUT2D eigenvalue weighted by atomic mass is 35.5. The lowest BCUT2D eigenvalue weighted by atomic mass is 9.89. The molecule has 2 atom stereocenters. The maximum Gasteiger partial charge on any atom is 0.490 e. The number of nitrogens with zero attached hydrogens (tertiary/aromatic N) is 2. The maximum atomic E-state index is 10.6. The number of hydrogen-bond acceptors (Lipinski definition) is 5. The van der Waals surface area contributed by atoms with Gasteiger partial charge in [-0.2, -0.15) is 26.3 Å². The number of rotatable bonds is 3. The van der Waals surface area contributed by atoms with Gasteiger partial charge in [0.15, 0.2) is 0 Å². The second-order valence-corrected chi connectivity index (χ2v) is 8.77. The van der Waals surface area contributed by atoms with Gasteiger partial charge in [-0.05, 0) is 51.1 Å². The summed E-state index contributed by atoms with van der Waals surface area (Å²) >= 11 is 6.08. The van der Waals surface area contributed by atoms with Gasteiger partial charge in [0.1, 0.15) is 0 Å². The molecule has 1 aromatic carbocycles. The number of aliphatic carboxylic acids is 2. The topological polar surface area (TPSA) is 90.3 Å². The number of halogens is 7. The summed E-state index contributed by atoms with van der Waals surface area (Å²) in [7, 11) is 4.37. The standard InChI is InChI=1S/C17H25ClN2O.2C2HF3O2/c1-19(2)16-6-9-21-17(11-16)7-8-20(13-17)12-14-4-3-5-15(18)10-14;2*3-2(4,5)1(6)7/h3-5,10,16H,6-9,11-13H2,1-2H3;2*(H,6,7)/t16-,17-;;/m1../s1. The van der Waals surface area contributed by atoms with Crippen LogP contribution in [0.4, 0.5) is 26.3 Å². The average Bonchev–Trinajstić information content (AvgIpc) is 3.09. The van der Waals surface area contributed by atoms with Crippen LogP contribution in [-0.4, -0.2) is 89.7 Å². The van der Waals surface area contributed by atoms with Gasteiger partial charge in [0, 0.05) is 37.3 Å². The normalized spacial score (nSPS) is 22.7. The van der Waals surface area contributed by atoms with Crippen molar-refractivity contribution in [1.29, 1.82) is 0 Å². The molecule has 200 valence electrons. The molecular formula is C21H27ClF6N2O5. The monoisotopic (exact) mass is 536 g/mol.